The minimum Gasteiger partial charge on any atom is -0.446 e. The number of alkyl halides is 3. The monoisotopic (exact) mass is 294 g/mol. The quantitative estimate of drug-likeness (QED) is 0.787. The Kier molecular flexibility index (Phi) is 2.61. The Balaban J connectivity index is 2.45. The molecule has 16 heavy (non-hydrogen) atoms. The van der Waals surface area contributed by atoms with E-state index in [1.165, 1.54) is 24.3 Å². The maximum atomic E-state index is 12.9. The van der Waals surface area contributed by atoms with Crippen molar-refractivity contribution in [2.24, 2.45) is 0 Å². The molecular weight excluding hydrogens is 289 g/mol. The molecule has 0 radical (unpaired) electrons. The standard InChI is InChI=1S/C10H6BrF3O2/c11-8-3-1-7(2-4-8)9(10(12,13)14)15-5-6-16-9/h1-6H. The fourth-order valence-corrected chi connectivity index (χ4v) is 1.64. The van der Waals surface area contributed by atoms with Crippen LogP contribution in [0.5, 0.6) is 0 Å². The highest BCUT2D eigenvalue weighted by atomic mass is 79.9. The van der Waals surface area contributed by atoms with Crippen LogP contribution in [0.2, 0.25) is 0 Å². The molecule has 0 saturated heterocycles. The van der Waals surface area contributed by atoms with E-state index in [0.29, 0.717) is 4.47 Å². The van der Waals surface area contributed by atoms with Crippen LogP contribution in [0, 0.1) is 0 Å². The number of benzene rings is 1. The van der Waals surface area contributed by atoms with Gasteiger partial charge < -0.3 is 9.47 Å². The Morgan fingerprint density at radius 1 is 1.00 bits per heavy atom. The molecule has 86 valence electrons. The molecule has 0 N–H and O–H groups in total. The molecule has 2 nitrogen and oxygen atoms in total. The summed E-state index contributed by atoms with van der Waals surface area (Å²) >= 11 is 3.14. The van der Waals surface area contributed by atoms with Gasteiger partial charge in [-0.25, -0.2) is 0 Å². The minimum atomic E-state index is -4.65. The normalized spacial score (nSPS) is 18.0. The van der Waals surface area contributed by atoms with Crippen molar-refractivity contribution in [2.75, 3.05) is 0 Å². The second-order valence-electron chi connectivity index (χ2n) is 3.13. The lowest BCUT2D eigenvalue weighted by atomic mass is 10.1. The zero-order chi connectivity index (χ0) is 11.8. The van der Waals surface area contributed by atoms with E-state index in [9.17, 15) is 13.2 Å². The largest absolute Gasteiger partial charge is 0.473 e. The summed E-state index contributed by atoms with van der Waals surface area (Å²) < 4.78 is 48.6. The van der Waals surface area contributed by atoms with Crippen LogP contribution in [0.15, 0.2) is 41.3 Å². The maximum Gasteiger partial charge on any atom is 0.473 e. The highest BCUT2D eigenvalue weighted by Gasteiger charge is 2.62. The van der Waals surface area contributed by atoms with Gasteiger partial charge in [-0.15, -0.1) is 0 Å². The molecule has 0 atom stereocenters. The SMILES string of the molecule is FC(F)(F)C1(c2ccc(Br)cc2)OC=CO1. The van der Waals surface area contributed by atoms with Gasteiger partial charge in [0.2, 0.25) is 0 Å². The number of ether oxygens (including phenoxy) is 2. The van der Waals surface area contributed by atoms with Crippen LogP contribution in [0.1, 0.15) is 5.56 Å². The second-order valence-corrected chi connectivity index (χ2v) is 4.04. The van der Waals surface area contributed by atoms with E-state index in [1.807, 2.05) is 0 Å². The van der Waals surface area contributed by atoms with Gasteiger partial charge in [0.25, 0.3) is 0 Å². The molecule has 0 fully saturated rings. The fraction of sp³-hybridized carbons (Fsp3) is 0.200. The van der Waals surface area contributed by atoms with Crippen LogP contribution >= 0.6 is 15.9 Å². The fourth-order valence-electron chi connectivity index (χ4n) is 1.38. The average Bonchev–Trinajstić information content (AvgIpc) is 2.68. The van der Waals surface area contributed by atoms with Crippen LogP contribution in [0.4, 0.5) is 13.2 Å². The van der Waals surface area contributed by atoms with Gasteiger partial charge in [0.1, 0.15) is 12.5 Å². The first-order valence-electron chi connectivity index (χ1n) is 4.29. The van der Waals surface area contributed by atoms with Gasteiger partial charge in [-0.05, 0) is 24.3 Å². The summed E-state index contributed by atoms with van der Waals surface area (Å²) in [6.45, 7) is 0. The first-order valence-corrected chi connectivity index (χ1v) is 5.08. The van der Waals surface area contributed by atoms with Gasteiger partial charge in [0.15, 0.2) is 0 Å². The second kappa shape index (κ2) is 3.69. The molecule has 1 aromatic carbocycles. The lowest BCUT2D eigenvalue weighted by molar-refractivity contribution is -0.345. The average molecular weight is 295 g/mol. The predicted molar refractivity (Wildman–Crippen MR) is 53.2 cm³/mol. The number of hydrogen-bond donors (Lipinski definition) is 0. The molecule has 0 saturated carbocycles. The lowest BCUT2D eigenvalue weighted by Gasteiger charge is -2.29. The molecule has 6 heteroatoms. The molecule has 0 aromatic heterocycles. The third kappa shape index (κ3) is 1.67. The lowest BCUT2D eigenvalue weighted by Crippen LogP contribution is -2.43. The van der Waals surface area contributed by atoms with Crippen molar-refractivity contribution in [1.29, 1.82) is 0 Å². The molecule has 1 heterocycles. The molecule has 0 bridgehead atoms. The molecule has 0 amide bonds. The zero-order valence-electron chi connectivity index (χ0n) is 7.79. The van der Waals surface area contributed by atoms with Crippen LogP contribution in [0.25, 0.3) is 0 Å². The first-order chi connectivity index (χ1) is 7.46. The van der Waals surface area contributed by atoms with E-state index in [1.54, 1.807) is 0 Å². The Bertz CT molecular complexity index is 403. The molecule has 1 aliphatic rings. The van der Waals surface area contributed by atoms with Crippen molar-refractivity contribution >= 4 is 15.9 Å². The van der Waals surface area contributed by atoms with Crippen molar-refractivity contribution < 1.29 is 22.6 Å². The van der Waals surface area contributed by atoms with Gasteiger partial charge in [-0.1, -0.05) is 15.9 Å². The molecule has 0 unspecified atom stereocenters. The Morgan fingerprint density at radius 3 is 1.94 bits per heavy atom. The van der Waals surface area contributed by atoms with E-state index >= 15 is 0 Å². The summed E-state index contributed by atoms with van der Waals surface area (Å²) in [6.07, 6.45) is -2.88. The molecule has 1 aromatic rings. The highest BCUT2D eigenvalue weighted by Crippen LogP contribution is 2.46. The zero-order valence-corrected chi connectivity index (χ0v) is 9.38. The van der Waals surface area contributed by atoms with E-state index in [4.69, 9.17) is 0 Å². The van der Waals surface area contributed by atoms with Crippen molar-refractivity contribution in [3.05, 3.63) is 46.8 Å². The maximum absolute atomic E-state index is 12.9. The van der Waals surface area contributed by atoms with Gasteiger partial charge in [-0.3, -0.25) is 0 Å². The first kappa shape index (κ1) is 11.3. The molecular formula is C10H6BrF3O2. The molecule has 1 aliphatic heterocycles. The van der Waals surface area contributed by atoms with E-state index in [2.05, 4.69) is 25.4 Å². The Hall–Kier alpha value is -1.17. The van der Waals surface area contributed by atoms with Crippen molar-refractivity contribution in [3.8, 4) is 0 Å². The van der Waals surface area contributed by atoms with Crippen molar-refractivity contribution in [1.82, 2.24) is 0 Å². The van der Waals surface area contributed by atoms with E-state index < -0.39 is 12.0 Å². The minimum absolute atomic E-state index is 0.104. The van der Waals surface area contributed by atoms with Crippen molar-refractivity contribution in [3.63, 3.8) is 0 Å². The summed E-state index contributed by atoms with van der Waals surface area (Å²) in [7, 11) is 0. The smallest absolute Gasteiger partial charge is 0.446 e. The summed E-state index contributed by atoms with van der Waals surface area (Å²) in [5.74, 6) is -2.71. The highest BCUT2D eigenvalue weighted by molar-refractivity contribution is 9.10. The van der Waals surface area contributed by atoms with E-state index in [0.717, 1.165) is 12.5 Å². The van der Waals surface area contributed by atoms with Gasteiger partial charge in [-0.2, -0.15) is 13.2 Å². The van der Waals surface area contributed by atoms with Gasteiger partial charge in [0, 0.05) is 10.0 Å². The van der Waals surface area contributed by atoms with Crippen LogP contribution < -0.4 is 0 Å². The van der Waals surface area contributed by atoms with Gasteiger partial charge in [0.05, 0.1) is 0 Å². The topological polar surface area (TPSA) is 18.5 Å². The number of hydrogen-bond acceptors (Lipinski definition) is 2. The number of halogens is 4. The molecule has 0 spiro atoms. The molecule has 2 rings (SSSR count). The predicted octanol–water partition coefficient (Wildman–Crippen LogP) is 3.68. The number of rotatable bonds is 1. The van der Waals surface area contributed by atoms with Crippen LogP contribution in [-0.4, -0.2) is 6.18 Å². The summed E-state index contributed by atoms with van der Waals surface area (Å²) in [5.41, 5.74) is -0.104. The Labute approximate surface area is 97.8 Å². The summed E-state index contributed by atoms with van der Waals surface area (Å²) in [5, 5.41) is 0. The van der Waals surface area contributed by atoms with Crippen LogP contribution in [0.3, 0.4) is 0 Å². The van der Waals surface area contributed by atoms with Crippen molar-refractivity contribution in [2.45, 2.75) is 12.0 Å². The summed E-state index contributed by atoms with van der Waals surface area (Å²) in [6, 6.07) is 5.58. The Morgan fingerprint density at radius 2 is 1.50 bits per heavy atom. The molecule has 0 aliphatic carbocycles. The van der Waals surface area contributed by atoms with E-state index in [-0.39, 0.29) is 5.56 Å². The summed E-state index contributed by atoms with van der Waals surface area (Å²) in [4.78, 5) is 0. The third-order valence-corrected chi connectivity index (χ3v) is 2.65. The third-order valence-electron chi connectivity index (χ3n) is 2.12. The van der Waals surface area contributed by atoms with Gasteiger partial charge >= 0.3 is 12.0 Å². The van der Waals surface area contributed by atoms with Crippen LogP contribution in [-0.2, 0) is 15.3 Å².